The zero-order valence-corrected chi connectivity index (χ0v) is 17.6. The van der Waals surface area contributed by atoms with Crippen LogP contribution in [0.2, 0.25) is 0 Å². The summed E-state index contributed by atoms with van der Waals surface area (Å²) in [4.78, 5) is 42.0. The summed E-state index contributed by atoms with van der Waals surface area (Å²) in [6, 6.07) is 4.45. The lowest BCUT2D eigenvalue weighted by atomic mass is 10.2. The van der Waals surface area contributed by atoms with Gasteiger partial charge in [-0.3, -0.25) is 19.1 Å². The summed E-state index contributed by atoms with van der Waals surface area (Å²) in [6.45, 7) is 0.601. The lowest BCUT2D eigenvalue weighted by Crippen LogP contribution is -2.40. The van der Waals surface area contributed by atoms with Crippen molar-refractivity contribution in [3.05, 3.63) is 62.7 Å². The van der Waals surface area contributed by atoms with Gasteiger partial charge in [0, 0.05) is 32.0 Å². The van der Waals surface area contributed by atoms with Crippen LogP contribution in [0.3, 0.4) is 0 Å². The first kappa shape index (κ1) is 21.8. The number of aromatic amines is 1. The molecule has 0 radical (unpaired) electrons. The van der Waals surface area contributed by atoms with E-state index >= 15 is 0 Å². The largest absolute Gasteiger partial charge is 0.379 e. The number of nitrogens with zero attached hydrogens (tertiary/aromatic N) is 3. The van der Waals surface area contributed by atoms with Crippen LogP contribution in [0.5, 0.6) is 0 Å². The third-order valence-electron chi connectivity index (χ3n) is 4.99. The number of H-pyrrole nitrogens is 1. The van der Waals surface area contributed by atoms with Gasteiger partial charge in [-0.1, -0.05) is 0 Å². The van der Waals surface area contributed by atoms with Gasteiger partial charge in [0.1, 0.15) is 16.4 Å². The third-order valence-corrected chi connectivity index (χ3v) is 6.91. The number of nitrogens with one attached hydrogen (secondary N) is 2. The Labute approximate surface area is 180 Å². The van der Waals surface area contributed by atoms with Gasteiger partial charge < -0.3 is 10.1 Å². The molecule has 2 N–H and O–H groups in total. The van der Waals surface area contributed by atoms with Crippen molar-refractivity contribution in [1.29, 1.82) is 0 Å². The molecule has 0 aliphatic carbocycles. The van der Waals surface area contributed by atoms with Gasteiger partial charge in [0.15, 0.2) is 0 Å². The lowest BCUT2D eigenvalue weighted by molar-refractivity contribution is 0.0729. The van der Waals surface area contributed by atoms with Crippen molar-refractivity contribution in [2.24, 2.45) is 7.05 Å². The molecule has 1 aliphatic rings. The number of fused-ring (bicyclic) bond motifs is 1. The van der Waals surface area contributed by atoms with Gasteiger partial charge in [-0.05, 0) is 24.3 Å². The summed E-state index contributed by atoms with van der Waals surface area (Å²) in [5, 5.41) is 2.50. The molecule has 11 nitrogen and oxygen atoms in total. The summed E-state index contributed by atoms with van der Waals surface area (Å²) < 4.78 is 47.3. The van der Waals surface area contributed by atoms with E-state index in [4.69, 9.17) is 4.74 Å². The van der Waals surface area contributed by atoms with Gasteiger partial charge >= 0.3 is 5.69 Å². The van der Waals surface area contributed by atoms with E-state index in [1.807, 2.05) is 0 Å². The number of ether oxygens (including phenoxy) is 1. The minimum Gasteiger partial charge on any atom is -0.379 e. The highest BCUT2D eigenvalue weighted by molar-refractivity contribution is 7.89. The van der Waals surface area contributed by atoms with Crippen LogP contribution in [0.1, 0.15) is 10.4 Å². The van der Waals surface area contributed by atoms with Gasteiger partial charge in [-0.25, -0.2) is 22.6 Å². The first-order valence-corrected chi connectivity index (χ1v) is 10.9. The number of carbonyl (C=O) groups excluding carboxylic acids is 1. The number of amides is 1. The van der Waals surface area contributed by atoms with E-state index in [-0.39, 0.29) is 48.6 Å². The second kappa shape index (κ2) is 8.26. The maximum atomic E-state index is 14.3. The quantitative estimate of drug-likeness (QED) is 0.556. The lowest BCUT2D eigenvalue weighted by Gasteiger charge is -2.26. The summed E-state index contributed by atoms with van der Waals surface area (Å²) in [6.07, 6.45) is 1.17. The van der Waals surface area contributed by atoms with Gasteiger partial charge in [0.25, 0.3) is 11.5 Å². The molecule has 13 heteroatoms. The fourth-order valence-electron chi connectivity index (χ4n) is 3.27. The minimum absolute atomic E-state index is 0.0106. The third kappa shape index (κ3) is 3.92. The molecule has 4 rings (SSSR count). The number of pyridine rings is 1. The Morgan fingerprint density at radius 1 is 1.22 bits per heavy atom. The second-order valence-corrected chi connectivity index (χ2v) is 8.94. The zero-order valence-electron chi connectivity index (χ0n) is 16.8. The Balaban J connectivity index is 1.65. The molecule has 0 atom stereocenters. The van der Waals surface area contributed by atoms with Crippen LogP contribution < -0.4 is 16.6 Å². The summed E-state index contributed by atoms with van der Waals surface area (Å²) in [5.41, 5.74) is -1.23. The van der Waals surface area contributed by atoms with Crippen LogP contribution >= 0.6 is 0 Å². The van der Waals surface area contributed by atoms with Crippen molar-refractivity contribution in [2.75, 3.05) is 31.6 Å². The molecule has 1 fully saturated rings. The molecule has 1 aliphatic heterocycles. The number of hydrogen-bond acceptors (Lipinski definition) is 7. The number of morpholine rings is 1. The fourth-order valence-corrected chi connectivity index (χ4v) is 4.77. The molecule has 0 bridgehead atoms. The number of carbonyl (C=O) groups is 1. The van der Waals surface area contributed by atoms with Crippen LogP contribution in [0.25, 0.3) is 11.0 Å². The number of hydrogen-bond donors (Lipinski definition) is 2. The van der Waals surface area contributed by atoms with Crippen molar-refractivity contribution in [1.82, 2.24) is 18.8 Å². The predicted molar refractivity (Wildman–Crippen MR) is 112 cm³/mol. The van der Waals surface area contributed by atoms with E-state index in [0.29, 0.717) is 0 Å². The molecule has 1 amide bonds. The Bertz CT molecular complexity index is 1440. The molecule has 3 heterocycles. The average Bonchev–Trinajstić information content (AvgIpc) is 2.79. The normalized spacial score (nSPS) is 15.1. The number of halogens is 1. The Morgan fingerprint density at radius 3 is 2.66 bits per heavy atom. The van der Waals surface area contributed by atoms with E-state index < -0.39 is 37.9 Å². The molecular formula is C19H18FN5O6S. The second-order valence-electron chi connectivity index (χ2n) is 7.03. The summed E-state index contributed by atoms with van der Waals surface area (Å²) in [7, 11) is -2.70. The molecule has 1 aromatic carbocycles. The predicted octanol–water partition coefficient (Wildman–Crippen LogP) is 0.0341. The van der Waals surface area contributed by atoms with E-state index in [1.54, 1.807) is 0 Å². The van der Waals surface area contributed by atoms with E-state index in [0.717, 1.165) is 21.0 Å². The average molecular weight is 463 g/mol. The Hall–Kier alpha value is -3.42. The highest BCUT2D eigenvalue weighted by Crippen LogP contribution is 2.24. The molecule has 1 saturated heterocycles. The minimum atomic E-state index is -4.12. The number of sulfonamides is 1. The van der Waals surface area contributed by atoms with Crippen LogP contribution in [0.15, 0.2) is 44.9 Å². The monoisotopic (exact) mass is 463 g/mol. The molecule has 0 saturated carbocycles. The number of aryl methyl sites for hydroxylation is 1. The van der Waals surface area contributed by atoms with Crippen LogP contribution in [-0.2, 0) is 21.8 Å². The van der Waals surface area contributed by atoms with Gasteiger partial charge in [-0.2, -0.15) is 4.31 Å². The van der Waals surface area contributed by atoms with Gasteiger partial charge in [-0.15, -0.1) is 0 Å². The first-order valence-electron chi connectivity index (χ1n) is 9.46. The van der Waals surface area contributed by atoms with Crippen molar-refractivity contribution in [3.8, 4) is 0 Å². The SMILES string of the molecule is Cn1c(=O)[nH]c(=O)c2cc(C(=O)Nc3ccc(F)c(S(=O)(=O)N4CCOCC4)c3)cnc21. The smallest absolute Gasteiger partial charge is 0.329 e. The van der Waals surface area contributed by atoms with Crippen molar-refractivity contribution in [3.63, 3.8) is 0 Å². The highest BCUT2D eigenvalue weighted by Gasteiger charge is 2.29. The summed E-state index contributed by atoms with van der Waals surface area (Å²) in [5.74, 6) is -1.65. The molecule has 3 aromatic rings. The fraction of sp³-hybridized carbons (Fsp3) is 0.263. The number of anilines is 1. The van der Waals surface area contributed by atoms with Crippen LogP contribution in [0, 0.1) is 5.82 Å². The van der Waals surface area contributed by atoms with Crippen molar-refractivity contribution >= 4 is 32.7 Å². The number of benzene rings is 1. The molecule has 2 aromatic heterocycles. The topological polar surface area (TPSA) is 143 Å². The van der Waals surface area contributed by atoms with Crippen LogP contribution in [-0.4, -0.2) is 59.5 Å². The van der Waals surface area contributed by atoms with E-state index in [9.17, 15) is 27.2 Å². The van der Waals surface area contributed by atoms with Crippen LogP contribution in [0.4, 0.5) is 10.1 Å². The molecular weight excluding hydrogens is 445 g/mol. The summed E-state index contributed by atoms with van der Waals surface area (Å²) >= 11 is 0. The molecule has 32 heavy (non-hydrogen) atoms. The van der Waals surface area contributed by atoms with Gasteiger partial charge in [0.2, 0.25) is 10.0 Å². The van der Waals surface area contributed by atoms with E-state index in [1.165, 1.54) is 25.4 Å². The van der Waals surface area contributed by atoms with Gasteiger partial charge in [0.05, 0.1) is 24.2 Å². The maximum Gasteiger partial charge on any atom is 0.329 e. The Kier molecular flexibility index (Phi) is 5.62. The molecule has 0 unspecified atom stereocenters. The standard InChI is InChI=1S/C19H18FN5O6S/c1-24-16-13(18(27)23-19(24)28)8-11(10-21-16)17(26)22-12-2-3-14(20)15(9-12)32(29,30)25-4-6-31-7-5-25/h2-3,8-10H,4-7H2,1H3,(H,22,26)(H,23,27,28). The first-order chi connectivity index (χ1) is 15.2. The number of rotatable bonds is 4. The molecule has 168 valence electrons. The number of aromatic nitrogens is 3. The maximum absolute atomic E-state index is 14.3. The zero-order chi connectivity index (χ0) is 23.0. The highest BCUT2D eigenvalue weighted by atomic mass is 32.2. The molecule has 0 spiro atoms. The van der Waals surface area contributed by atoms with Crippen molar-refractivity contribution in [2.45, 2.75) is 4.90 Å². The van der Waals surface area contributed by atoms with Crippen molar-refractivity contribution < 1.29 is 22.3 Å². The van der Waals surface area contributed by atoms with E-state index in [2.05, 4.69) is 15.3 Å². The Morgan fingerprint density at radius 2 is 1.94 bits per heavy atom.